The molecule has 1 N–H and O–H groups in total. The molecule has 0 bridgehead atoms. The average Bonchev–Trinajstić information content (AvgIpc) is 2.89. The number of ketones is 1. The van der Waals surface area contributed by atoms with Crippen LogP contribution in [0.15, 0.2) is 40.8 Å². The Morgan fingerprint density at radius 3 is 2.38 bits per heavy atom. The molecule has 134 valence electrons. The summed E-state index contributed by atoms with van der Waals surface area (Å²) in [6.07, 6.45) is 1.04. The number of hydrogen-bond donors (Lipinski definition) is 1. The van der Waals surface area contributed by atoms with Crippen molar-refractivity contribution in [2.24, 2.45) is 0 Å². The van der Waals surface area contributed by atoms with E-state index in [0.717, 1.165) is 16.7 Å². The molecule has 0 aliphatic carbocycles. The van der Waals surface area contributed by atoms with Crippen molar-refractivity contribution in [2.75, 3.05) is 5.32 Å². The lowest BCUT2D eigenvalue weighted by molar-refractivity contribution is -0.116. The second kappa shape index (κ2) is 7.52. The Morgan fingerprint density at radius 1 is 1.08 bits per heavy atom. The maximum absolute atomic E-state index is 12.6. The third-order valence-corrected chi connectivity index (χ3v) is 4.82. The van der Waals surface area contributed by atoms with E-state index >= 15 is 0 Å². The molecule has 4 nitrogen and oxygen atoms in total. The Balaban J connectivity index is 1.97. The number of aryl methyl sites for hydroxylation is 2. The van der Waals surface area contributed by atoms with Gasteiger partial charge in [0.1, 0.15) is 11.5 Å². The zero-order valence-corrected chi connectivity index (χ0v) is 15.9. The molecular formula is C20H17Cl2NO3. The van der Waals surface area contributed by atoms with Gasteiger partial charge in [0.05, 0.1) is 21.3 Å². The summed E-state index contributed by atoms with van der Waals surface area (Å²) in [5, 5.41) is 4.26. The van der Waals surface area contributed by atoms with E-state index in [1.54, 1.807) is 31.2 Å². The number of furan rings is 1. The minimum atomic E-state index is -0.410. The van der Waals surface area contributed by atoms with Gasteiger partial charge in [-0.15, -0.1) is 0 Å². The van der Waals surface area contributed by atoms with Crippen molar-refractivity contribution < 1.29 is 14.0 Å². The van der Waals surface area contributed by atoms with Crippen LogP contribution in [0.1, 0.15) is 35.0 Å². The molecule has 0 fully saturated rings. The molecule has 6 heteroatoms. The van der Waals surface area contributed by atoms with Gasteiger partial charge in [0, 0.05) is 17.4 Å². The SMILES string of the molecule is CC(=O)CCc1c(C)oc2c(NC(=O)c3c(Cl)cccc3Cl)cccc12. The fourth-order valence-electron chi connectivity index (χ4n) is 2.90. The Labute approximate surface area is 161 Å². The van der Waals surface area contributed by atoms with Crippen LogP contribution in [0, 0.1) is 6.92 Å². The van der Waals surface area contributed by atoms with Crippen LogP contribution in [0.2, 0.25) is 10.0 Å². The minimum absolute atomic E-state index is 0.122. The van der Waals surface area contributed by atoms with Crippen LogP contribution in [-0.4, -0.2) is 11.7 Å². The molecule has 0 saturated heterocycles. The molecule has 0 unspecified atom stereocenters. The van der Waals surface area contributed by atoms with Gasteiger partial charge < -0.3 is 14.5 Å². The zero-order valence-electron chi connectivity index (χ0n) is 14.4. The van der Waals surface area contributed by atoms with Crippen LogP contribution in [0.5, 0.6) is 0 Å². The molecule has 0 atom stereocenters. The number of Topliss-reactive ketones (excluding diaryl/α,β-unsaturated/α-hetero) is 1. The highest BCUT2D eigenvalue weighted by Crippen LogP contribution is 2.33. The lowest BCUT2D eigenvalue weighted by atomic mass is 10.0. The van der Waals surface area contributed by atoms with Gasteiger partial charge in [-0.05, 0) is 38.5 Å². The quantitative estimate of drug-likeness (QED) is 0.597. The normalized spacial score (nSPS) is 10.9. The van der Waals surface area contributed by atoms with Gasteiger partial charge in [-0.25, -0.2) is 0 Å². The van der Waals surface area contributed by atoms with Gasteiger partial charge in [-0.1, -0.05) is 41.4 Å². The number of anilines is 1. The lowest BCUT2D eigenvalue weighted by Gasteiger charge is -2.09. The molecule has 2 aromatic carbocycles. The third-order valence-electron chi connectivity index (χ3n) is 4.19. The number of nitrogens with one attached hydrogen (secondary N) is 1. The summed E-state index contributed by atoms with van der Waals surface area (Å²) in [7, 11) is 0. The summed E-state index contributed by atoms with van der Waals surface area (Å²) in [6.45, 7) is 3.42. The summed E-state index contributed by atoms with van der Waals surface area (Å²) in [4.78, 5) is 23.9. The Kier molecular flexibility index (Phi) is 5.35. The largest absolute Gasteiger partial charge is 0.459 e. The number of amides is 1. The van der Waals surface area contributed by atoms with Crippen LogP contribution < -0.4 is 5.32 Å². The van der Waals surface area contributed by atoms with Gasteiger partial charge in [0.25, 0.3) is 5.91 Å². The van der Waals surface area contributed by atoms with Gasteiger partial charge in [0.15, 0.2) is 5.58 Å². The van der Waals surface area contributed by atoms with Crippen molar-refractivity contribution in [1.82, 2.24) is 0 Å². The Bertz CT molecular complexity index is 987. The van der Waals surface area contributed by atoms with Crippen LogP contribution in [0.25, 0.3) is 11.0 Å². The maximum atomic E-state index is 12.6. The number of carbonyl (C=O) groups excluding carboxylic acids is 2. The van der Waals surface area contributed by atoms with E-state index in [-0.39, 0.29) is 21.4 Å². The monoisotopic (exact) mass is 389 g/mol. The number of rotatable bonds is 5. The second-order valence-corrected chi connectivity index (χ2v) is 6.89. The van der Waals surface area contributed by atoms with Crippen molar-refractivity contribution in [2.45, 2.75) is 26.7 Å². The number of benzene rings is 2. The predicted octanol–water partition coefficient (Wildman–Crippen LogP) is 5.82. The third kappa shape index (κ3) is 3.62. The van der Waals surface area contributed by atoms with Crippen LogP contribution in [0.4, 0.5) is 5.69 Å². The molecule has 0 spiro atoms. The first kappa shape index (κ1) is 18.5. The van der Waals surface area contributed by atoms with Crippen molar-refractivity contribution >= 4 is 51.5 Å². The van der Waals surface area contributed by atoms with E-state index in [0.29, 0.717) is 24.1 Å². The number of carbonyl (C=O) groups is 2. The van der Waals surface area contributed by atoms with Gasteiger partial charge in [-0.2, -0.15) is 0 Å². The molecule has 0 saturated carbocycles. The fourth-order valence-corrected chi connectivity index (χ4v) is 3.47. The van der Waals surface area contributed by atoms with E-state index < -0.39 is 5.91 Å². The lowest BCUT2D eigenvalue weighted by Crippen LogP contribution is -2.13. The van der Waals surface area contributed by atoms with Crippen molar-refractivity contribution in [3.05, 3.63) is 63.3 Å². The molecule has 26 heavy (non-hydrogen) atoms. The topological polar surface area (TPSA) is 59.3 Å². The minimum Gasteiger partial charge on any atom is -0.459 e. The molecule has 3 aromatic rings. The van der Waals surface area contributed by atoms with Gasteiger partial charge in [-0.3, -0.25) is 4.79 Å². The smallest absolute Gasteiger partial charge is 0.258 e. The fraction of sp³-hybridized carbons (Fsp3) is 0.200. The molecule has 0 aliphatic rings. The van der Waals surface area contributed by atoms with Crippen LogP contribution >= 0.6 is 23.2 Å². The maximum Gasteiger partial charge on any atom is 0.258 e. The average molecular weight is 390 g/mol. The molecule has 1 heterocycles. The summed E-state index contributed by atoms with van der Waals surface area (Å²) in [5.41, 5.74) is 2.29. The van der Waals surface area contributed by atoms with Crippen molar-refractivity contribution in [3.8, 4) is 0 Å². The highest BCUT2D eigenvalue weighted by Gasteiger charge is 2.19. The second-order valence-electron chi connectivity index (χ2n) is 6.07. The first-order valence-corrected chi connectivity index (χ1v) is 8.90. The molecule has 1 amide bonds. The standard InChI is InChI=1S/C20H17Cl2NO3/c1-11(24)9-10-13-12(2)26-19-14(13)5-3-8-17(19)23-20(25)18-15(21)6-4-7-16(18)22/h3-8H,9-10H2,1-2H3,(H,23,25). The zero-order chi connectivity index (χ0) is 18.8. The number of para-hydroxylation sites is 1. The van der Waals surface area contributed by atoms with E-state index in [2.05, 4.69) is 5.32 Å². The summed E-state index contributed by atoms with van der Waals surface area (Å²) >= 11 is 12.2. The van der Waals surface area contributed by atoms with Crippen LogP contribution in [-0.2, 0) is 11.2 Å². The molecule has 0 aliphatic heterocycles. The highest BCUT2D eigenvalue weighted by atomic mass is 35.5. The summed E-state index contributed by atoms with van der Waals surface area (Å²) in [5.74, 6) is 0.447. The first-order chi connectivity index (χ1) is 12.4. The van der Waals surface area contributed by atoms with Crippen LogP contribution in [0.3, 0.4) is 0 Å². The highest BCUT2D eigenvalue weighted by molar-refractivity contribution is 6.40. The predicted molar refractivity (Wildman–Crippen MR) is 104 cm³/mol. The van der Waals surface area contributed by atoms with E-state index in [4.69, 9.17) is 27.6 Å². The summed E-state index contributed by atoms with van der Waals surface area (Å²) in [6, 6.07) is 10.4. The Morgan fingerprint density at radius 2 is 1.73 bits per heavy atom. The van der Waals surface area contributed by atoms with E-state index in [1.807, 2.05) is 19.1 Å². The Hall–Kier alpha value is -2.30. The molecule has 0 radical (unpaired) electrons. The summed E-state index contributed by atoms with van der Waals surface area (Å²) < 4.78 is 5.87. The van der Waals surface area contributed by atoms with Crippen molar-refractivity contribution in [1.29, 1.82) is 0 Å². The van der Waals surface area contributed by atoms with Crippen molar-refractivity contribution in [3.63, 3.8) is 0 Å². The number of fused-ring (bicyclic) bond motifs is 1. The van der Waals surface area contributed by atoms with E-state index in [1.165, 1.54) is 0 Å². The molecule has 1 aromatic heterocycles. The number of hydrogen-bond acceptors (Lipinski definition) is 3. The van der Waals surface area contributed by atoms with Gasteiger partial charge in [0.2, 0.25) is 0 Å². The molecule has 3 rings (SSSR count). The van der Waals surface area contributed by atoms with E-state index in [9.17, 15) is 9.59 Å². The number of halogens is 2. The molecular weight excluding hydrogens is 373 g/mol. The van der Waals surface area contributed by atoms with Gasteiger partial charge >= 0.3 is 0 Å². The first-order valence-electron chi connectivity index (χ1n) is 8.14.